The first-order valence-electron chi connectivity index (χ1n) is 7.64. The number of hydrazone groups is 1. The largest absolute Gasteiger partial charge is 0.497 e. The lowest BCUT2D eigenvalue weighted by Crippen LogP contribution is -2.18. The van der Waals surface area contributed by atoms with Crippen molar-refractivity contribution < 1.29 is 14.2 Å². The Kier molecular flexibility index (Phi) is 4.46. The topological polar surface area (TPSA) is 69.3 Å². The van der Waals surface area contributed by atoms with Crippen LogP contribution in [0.3, 0.4) is 0 Å². The Hall–Kier alpha value is -2.89. The molecule has 1 atom stereocenters. The van der Waals surface area contributed by atoms with Gasteiger partial charge in [-0.3, -0.25) is 5.01 Å². The second-order valence-electron chi connectivity index (χ2n) is 5.47. The first-order chi connectivity index (χ1) is 11.7. The first kappa shape index (κ1) is 16.0. The van der Waals surface area contributed by atoms with Crippen molar-refractivity contribution in [1.29, 1.82) is 0 Å². The summed E-state index contributed by atoms with van der Waals surface area (Å²) in [6.07, 6.45) is 0.654. The Bertz CT molecular complexity index is 744. The SMILES string of the molecule is COc1ccc(N2N=C(N)C[C@H]2c2ccc(OC)c(OC)c2)cc1. The van der Waals surface area contributed by atoms with Gasteiger partial charge in [0.25, 0.3) is 0 Å². The second-order valence-corrected chi connectivity index (χ2v) is 5.47. The van der Waals surface area contributed by atoms with Crippen LogP contribution in [0, 0.1) is 0 Å². The smallest absolute Gasteiger partial charge is 0.161 e. The van der Waals surface area contributed by atoms with Crippen LogP contribution in [0.5, 0.6) is 17.2 Å². The Morgan fingerprint density at radius 3 is 2.29 bits per heavy atom. The number of hydrogen-bond donors (Lipinski definition) is 1. The summed E-state index contributed by atoms with van der Waals surface area (Å²) >= 11 is 0. The normalized spacial score (nSPS) is 16.7. The van der Waals surface area contributed by atoms with Gasteiger partial charge in [0.05, 0.1) is 33.1 Å². The molecular weight excluding hydrogens is 306 g/mol. The maximum Gasteiger partial charge on any atom is 0.161 e. The lowest BCUT2D eigenvalue weighted by Gasteiger charge is -2.24. The molecule has 0 saturated carbocycles. The van der Waals surface area contributed by atoms with Crippen molar-refractivity contribution in [2.75, 3.05) is 26.3 Å². The molecule has 0 fully saturated rings. The minimum absolute atomic E-state index is 0.0122. The van der Waals surface area contributed by atoms with E-state index in [0.717, 1.165) is 17.0 Å². The molecular formula is C18H21N3O3. The van der Waals surface area contributed by atoms with Gasteiger partial charge in [0.15, 0.2) is 11.5 Å². The Morgan fingerprint density at radius 1 is 0.958 bits per heavy atom. The van der Waals surface area contributed by atoms with Crippen molar-refractivity contribution >= 4 is 11.5 Å². The molecule has 126 valence electrons. The fourth-order valence-electron chi connectivity index (χ4n) is 2.83. The van der Waals surface area contributed by atoms with Crippen LogP contribution in [0.15, 0.2) is 47.6 Å². The molecule has 0 bridgehead atoms. The van der Waals surface area contributed by atoms with E-state index in [1.54, 1.807) is 21.3 Å². The van der Waals surface area contributed by atoms with E-state index in [2.05, 4.69) is 5.10 Å². The summed E-state index contributed by atoms with van der Waals surface area (Å²) in [5.41, 5.74) is 8.02. The van der Waals surface area contributed by atoms with Gasteiger partial charge in [0.1, 0.15) is 11.6 Å². The third-order valence-corrected chi connectivity index (χ3v) is 4.06. The molecule has 24 heavy (non-hydrogen) atoms. The Balaban J connectivity index is 1.94. The molecule has 0 unspecified atom stereocenters. The summed E-state index contributed by atoms with van der Waals surface area (Å²) in [6, 6.07) is 13.6. The molecule has 0 aliphatic carbocycles. The molecule has 2 aromatic carbocycles. The van der Waals surface area contributed by atoms with Gasteiger partial charge in [-0.05, 0) is 42.0 Å². The second kappa shape index (κ2) is 6.70. The zero-order valence-corrected chi connectivity index (χ0v) is 14.0. The Labute approximate surface area is 141 Å². The predicted octanol–water partition coefficient (Wildman–Crippen LogP) is 2.94. The highest BCUT2D eigenvalue weighted by Gasteiger charge is 2.28. The zero-order chi connectivity index (χ0) is 17.1. The van der Waals surface area contributed by atoms with Gasteiger partial charge in [-0.2, -0.15) is 5.10 Å². The van der Waals surface area contributed by atoms with E-state index < -0.39 is 0 Å². The molecule has 3 rings (SSSR count). The highest BCUT2D eigenvalue weighted by molar-refractivity contribution is 5.85. The molecule has 1 aliphatic heterocycles. The van der Waals surface area contributed by atoms with E-state index in [0.29, 0.717) is 23.8 Å². The molecule has 0 amide bonds. The van der Waals surface area contributed by atoms with Crippen LogP contribution in [0.25, 0.3) is 0 Å². The third-order valence-electron chi connectivity index (χ3n) is 4.06. The summed E-state index contributed by atoms with van der Waals surface area (Å²) in [5.74, 6) is 2.79. The molecule has 0 spiro atoms. The van der Waals surface area contributed by atoms with Gasteiger partial charge < -0.3 is 19.9 Å². The fraction of sp³-hybridized carbons (Fsp3) is 0.278. The average Bonchev–Trinajstić information content (AvgIpc) is 3.03. The monoisotopic (exact) mass is 327 g/mol. The summed E-state index contributed by atoms with van der Waals surface area (Å²) in [5, 5.41) is 6.41. The number of nitrogens with zero attached hydrogens (tertiary/aromatic N) is 2. The van der Waals surface area contributed by atoms with Gasteiger partial charge in [-0.25, -0.2) is 0 Å². The Morgan fingerprint density at radius 2 is 1.67 bits per heavy atom. The highest BCUT2D eigenvalue weighted by atomic mass is 16.5. The van der Waals surface area contributed by atoms with Crippen molar-refractivity contribution in [1.82, 2.24) is 0 Å². The molecule has 2 aromatic rings. The number of ether oxygens (including phenoxy) is 3. The third kappa shape index (κ3) is 2.95. The van der Waals surface area contributed by atoms with Crippen LogP contribution in [-0.4, -0.2) is 27.2 Å². The maximum absolute atomic E-state index is 6.00. The fourth-order valence-corrected chi connectivity index (χ4v) is 2.83. The van der Waals surface area contributed by atoms with Crippen molar-refractivity contribution in [3.63, 3.8) is 0 Å². The highest BCUT2D eigenvalue weighted by Crippen LogP contribution is 2.38. The summed E-state index contributed by atoms with van der Waals surface area (Å²) in [7, 11) is 4.90. The van der Waals surface area contributed by atoms with E-state index in [1.807, 2.05) is 47.5 Å². The molecule has 0 aromatic heterocycles. The first-order valence-corrected chi connectivity index (χ1v) is 7.64. The van der Waals surface area contributed by atoms with Crippen LogP contribution in [0.4, 0.5) is 5.69 Å². The van der Waals surface area contributed by atoms with E-state index in [4.69, 9.17) is 19.9 Å². The van der Waals surface area contributed by atoms with E-state index in [1.165, 1.54) is 0 Å². The molecule has 6 nitrogen and oxygen atoms in total. The standard InChI is InChI=1S/C18H21N3O3/c1-22-14-7-5-13(6-8-14)21-15(11-18(19)20-21)12-4-9-16(23-2)17(10-12)24-3/h4-10,15H,11H2,1-3H3,(H2,19,20)/t15-/m0/s1. The minimum Gasteiger partial charge on any atom is -0.497 e. The van der Waals surface area contributed by atoms with Gasteiger partial charge in [0, 0.05) is 6.42 Å². The van der Waals surface area contributed by atoms with E-state index >= 15 is 0 Å². The van der Waals surface area contributed by atoms with Crippen molar-refractivity contribution in [3.05, 3.63) is 48.0 Å². The summed E-state index contributed by atoms with van der Waals surface area (Å²) < 4.78 is 15.9. The zero-order valence-electron chi connectivity index (χ0n) is 14.0. The minimum atomic E-state index is 0.0122. The van der Waals surface area contributed by atoms with Gasteiger partial charge >= 0.3 is 0 Å². The molecule has 0 radical (unpaired) electrons. The van der Waals surface area contributed by atoms with Gasteiger partial charge in [-0.1, -0.05) is 6.07 Å². The van der Waals surface area contributed by atoms with Crippen molar-refractivity contribution in [2.24, 2.45) is 10.8 Å². The summed E-state index contributed by atoms with van der Waals surface area (Å²) in [4.78, 5) is 0. The predicted molar refractivity (Wildman–Crippen MR) is 94.0 cm³/mol. The molecule has 1 aliphatic rings. The van der Waals surface area contributed by atoms with Crippen LogP contribution < -0.4 is 25.0 Å². The molecule has 0 saturated heterocycles. The summed E-state index contributed by atoms with van der Waals surface area (Å²) in [6.45, 7) is 0. The number of benzene rings is 2. The lowest BCUT2D eigenvalue weighted by molar-refractivity contribution is 0.354. The van der Waals surface area contributed by atoms with Crippen molar-refractivity contribution in [2.45, 2.75) is 12.5 Å². The average molecular weight is 327 g/mol. The van der Waals surface area contributed by atoms with Crippen LogP contribution in [0.2, 0.25) is 0 Å². The number of nitrogens with two attached hydrogens (primary N) is 1. The van der Waals surface area contributed by atoms with Crippen LogP contribution in [-0.2, 0) is 0 Å². The van der Waals surface area contributed by atoms with Crippen molar-refractivity contribution in [3.8, 4) is 17.2 Å². The number of amidine groups is 1. The lowest BCUT2D eigenvalue weighted by atomic mass is 10.0. The molecule has 1 heterocycles. The molecule has 2 N–H and O–H groups in total. The van der Waals surface area contributed by atoms with Crippen LogP contribution >= 0.6 is 0 Å². The van der Waals surface area contributed by atoms with Gasteiger partial charge in [0.2, 0.25) is 0 Å². The van der Waals surface area contributed by atoms with E-state index in [9.17, 15) is 0 Å². The maximum atomic E-state index is 6.00. The van der Waals surface area contributed by atoms with E-state index in [-0.39, 0.29) is 6.04 Å². The quantitative estimate of drug-likeness (QED) is 0.914. The number of hydrogen-bond acceptors (Lipinski definition) is 6. The number of anilines is 1. The molecule has 6 heteroatoms. The number of rotatable bonds is 5. The van der Waals surface area contributed by atoms with Crippen LogP contribution in [0.1, 0.15) is 18.0 Å². The number of methoxy groups -OCH3 is 3. The van der Waals surface area contributed by atoms with Gasteiger partial charge in [-0.15, -0.1) is 0 Å².